The van der Waals surface area contributed by atoms with Crippen LogP contribution in [0.15, 0.2) is 24.1 Å². The monoisotopic (exact) mass is 271 g/mol. The van der Waals surface area contributed by atoms with Crippen molar-refractivity contribution in [3.05, 3.63) is 19.0 Å². The highest BCUT2D eigenvalue weighted by Gasteiger charge is 2.31. The maximum absolute atomic E-state index is 12.1. The van der Waals surface area contributed by atoms with Crippen LogP contribution in [0.4, 0.5) is 0 Å². The van der Waals surface area contributed by atoms with E-state index in [0.29, 0.717) is 13.1 Å². The molecule has 2 rings (SSSR count). The van der Waals surface area contributed by atoms with E-state index in [-0.39, 0.29) is 24.2 Å². The summed E-state index contributed by atoms with van der Waals surface area (Å²) in [7, 11) is -3.63. The molecular formula is C9H13N5O3S. The second-order valence-corrected chi connectivity index (χ2v) is 5.58. The molecular weight excluding hydrogens is 258 g/mol. The Bertz CT molecular complexity index is 531. The number of piperazine rings is 1. The first-order chi connectivity index (χ1) is 8.55. The van der Waals surface area contributed by atoms with Gasteiger partial charge in [-0.2, -0.15) is 9.40 Å². The summed E-state index contributed by atoms with van der Waals surface area (Å²) >= 11 is 0. The predicted octanol–water partition coefficient (Wildman–Crippen LogP) is -1.18. The van der Waals surface area contributed by atoms with E-state index in [1.807, 2.05) is 0 Å². The Labute approximate surface area is 104 Å². The molecule has 1 saturated heterocycles. The second kappa shape index (κ2) is 4.86. The molecule has 98 valence electrons. The highest BCUT2D eigenvalue weighted by molar-refractivity contribution is 7.88. The lowest BCUT2D eigenvalue weighted by atomic mass is 10.3. The van der Waals surface area contributed by atoms with E-state index in [0.717, 1.165) is 6.33 Å². The van der Waals surface area contributed by atoms with Gasteiger partial charge in [0.15, 0.2) is 0 Å². The van der Waals surface area contributed by atoms with Crippen LogP contribution in [-0.4, -0.2) is 64.9 Å². The van der Waals surface area contributed by atoms with Gasteiger partial charge in [0, 0.05) is 26.2 Å². The number of nitrogens with zero attached hydrogens (tertiary/aromatic N) is 4. The Balaban J connectivity index is 2.06. The van der Waals surface area contributed by atoms with Crippen molar-refractivity contribution in [2.75, 3.05) is 26.2 Å². The smallest absolute Gasteiger partial charge is 0.278 e. The van der Waals surface area contributed by atoms with Crippen molar-refractivity contribution in [3.8, 4) is 0 Å². The van der Waals surface area contributed by atoms with E-state index >= 15 is 0 Å². The molecule has 1 aromatic rings. The van der Waals surface area contributed by atoms with E-state index in [1.165, 1.54) is 10.4 Å². The molecule has 0 radical (unpaired) electrons. The summed E-state index contributed by atoms with van der Waals surface area (Å²) in [6.07, 6.45) is 2.37. The van der Waals surface area contributed by atoms with Crippen LogP contribution < -0.4 is 0 Å². The summed E-state index contributed by atoms with van der Waals surface area (Å²) in [6, 6.07) is 0. The molecule has 1 aliphatic heterocycles. The van der Waals surface area contributed by atoms with E-state index < -0.39 is 10.0 Å². The van der Waals surface area contributed by atoms with Crippen molar-refractivity contribution < 1.29 is 13.2 Å². The zero-order chi connectivity index (χ0) is 13.2. The zero-order valence-corrected chi connectivity index (χ0v) is 10.4. The first kappa shape index (κ1) is 12.7. The minimum Gasteiger partial charge on any atom is -0.337 e. The van der Waals surface area contributed by atoms with Crippen molar-refractivity contribution in [1.82, 2.24) is 24.4 Å². The van der Waals surface area contributed by atoms with Gasteiger partial charge in [-0.15, -0.1) is 0 Å². The zero-order valence-electron chi connectivity index (χ0n) is 9.61. The first-order valence-corrected chi connectivity index (χ1v) is 6.76. The fourth-order valence-electron chi connectivity index (χ4n) is 1.72. The van der Waals surface area contributed by atoms with Gasteiger partial charge in [-0.25, -0.2) is 18.5 Å². The lowest BCUT2D eigenvalue weighted by molar-refractivity contribution is -0.127. The van der Waals surface area contributed by atoms with Crippen LogP contribution in [0.25, 0.3) is 0 Å². The number of aromatic amines is 1. The molecule has 1 fully saturated rings. The Morgan fingerprint density at radius 1 is 1.39 bits per heavy atom. The standard InChI is InChI=1S/C9H13N5O3S/c1-2-8(15)13-3-5-14(6-4-13)18(16,17)9-10-7-11-12-9/h2,7H,1,3-6H2,(H,10,11,12). The number of rotatable bonds is 3. The number of carbonyl (C=O) groups is 1. The molecule has 8 nitrogen and oxygen atoms in total. The number of aromatic nitrogens is 3. The Morgan fingerprint density at radius 3 is 2.56 bits per heavy atom. The number of sulfonamides is 1. The number of hydrogen-bond donors (Lipinski definition) is 1. The summed E-state index contributed by atoms with van der Waals surface area (Å²) in [6.45, 7) is 4.57. The summed E-state index contributed by atoms with van der Waals surface area (Å²) < 4.78 is 25.4. The minimum absolute atomic E-state index is 0.175. The van der Waals surface area contributed by atoms with Gasteiger partial charge in [-0.1, -0.05) is 6.58 Å². The second-order valence-electron chi connectivity index (χ2n) is 3.72. The largest absolute Gasteiger partial charge is 0.337 e. The average molecular weight is 271 g/mol. The molecule has 9 heteroatoms. The summed E-state index contributed by atoms with van der Waals surface area (Å²) in [5, 5.41) is 5.68. The summed E-state index contributed by atoms with van der Waals surface area (Å²) in [5.74, 6) is -0.188. The van der Waals surface area contributed by atoms with Crippen LogP contribution in [-0.2, 0) is 14.8 Å². The number of amides is 1. The van der Waals surface area contributed by atoms with Crippen LogP contribution in [0, 0.1) is 0 Å². The molecule has 0 unspecified atom stereocenters. The third kappa shape index (κ3) is 2.27. The SMILES string of the molecule is C=CC(=O)N1CCN(S(=O)(=O)c2ncn[nH]2)CC1. The van der Waals surface area contributed by atoms with E-state index in [1.54, 1.807) is 4.90 Å². The maximum atomic E-state index is 12.1. The number of nitrogens with one attached hydrogen (secondary N) is 1. The molecule has 0 bridgehead atoms. The Hall–Kier alpha value is -1.74. The molecule has 1 amide bonds. The van der Waals surface area contributed by atoms with E-state index in [4.69, 9.17) is 0 Å². The van der Waals surface area contributed by atoms with E-state index in [9.17, 15) is 13.2 Å². The molecule has 0 saturated carbocycles. The molecule has 1 aromatic heterocycles. The topological polar surface area (TPSA) is 99.3 Å². The number of carbonyl (C=O) groups excluding carboxylic acids is 1. The molecule has 1 N–H and O–H groups in total. The van der Waals surface area contributed by atoms with Crippen molar-refractivity contribution >= 4 is 15.9 Å². The van der Waals surface area contributed by atoms with Gasteiger partial charge >= 0.3 is 0 Å². The van der Waals surface area contributed by atoms with Gasteiger partial charge in [0.1, 0.15) is 6.33 Å². The molecule has 0 spiro atoms. The molecule has 2 heterocycles. The fourth-order valence-corrected chi connectivity index (χ4v) is 2.96. The predicted molar refractivity (Wildman–Crippen MR) is 61.9 cm³/mol. The fraction of sp³-hybridized carbons (Fsp3) is 0.444. The number of hydrogen-bond acceptors (Lipinski definition) is 5. The molecule has 1 aliphatic rings. The third-order valence-electron chi connectivity index (χ3n) is 2.70. The number of H-pyrrole nitrogens is 1. The van der Waals surface area contributed by atoms with Crippen molar-refractivity contribution in [1.29, 1.82) is 0 Å². The van der Waals surface area contributed by atoms with Crippen molar-refractivity contribution in [2.24, 2.45) is 0 Å². The molecule has 0 atom stereocenters. The lowest BCUT2D eigenvalue weighted by Crippen LogP contribution is -2.50. The quantitative estimate of drug-likeness (QED) is 0.698. The van der Waals surface area contributed by atoms with Gasteiger partial charge in [0.25, 0.3) is 15.2 Å². The average Bonchev–Trinajstić information content (AvgIpc) is 2.92. The molecule has 18 heavy (non-hydrogen) atoms. The van der Waals surface area contributed by atoms with Gasteiger partial charge in [-0.3, -0.25) is 4.79 Å². The van der Waals surface area contributed by atoms with Gasteiger partial charge in [0.2, 0.25) is 5.91 Å². The van der Waals surface area contributed by atoms with Crippen molar-refractivity contribution in [3.63, 3.8) is 0 Å². The van der Waals surface area contributed by atoms with Gasteiger partial charge < -0.3 is 4.90 Å². The third-order valence-corrected chi connectivity index (χ3v) is 4.43. The Kier molecular flexibility index (Phi) is 3.43. The summed E-state index contributed by atoms with van der Waals surface area (Å²) in [4.78, 5) is 16.6. The minimum atomic E-state index is -3.63. The molecule has 0 aromatic carbocycles. The molecule has 0 aliphatic carbocycles. The normalized spacial score (nSPS) is 17.7. The maximum Gasteiger partial charge on any atom is 0.278 e. The van der Waals surface area contributed by atoms with E-state index in [2.05, 4.69) is 21.8 Å². The van der Waals surface area contributed by atoms with Crippen LogP contribution in [0.1, 0.15) is 0 Å². The highest BCUT2D eigenvalue weighted by Crippen LogP contribution is 2.13. The summed E-state index contributed by atoms with van der Waals surface area (Å²) in [5.41, 5.74) is 0. The van der Waals surface area contributed by atoms with Gasteiger partial charge in [0.05, 0.1) is 0 Å². The van der Waals surface area contributed by atoms with Crippen molar-refractivity contribution in [2.45, 2.75) is 5.16 Å². The Morgan fingerprint density at radius 2 is 2.06 bits per heavy atom. The van der Waals surface area contributed by atoms with Crippen LogP contribution >= 0.6 is 0 Å². The first-order valence-electron chi connectivity index (χ1n) is 5.32. The lowest BCUT2D eigenvalue weighted by Gasteiger charge is -2.32. The van der Waals surface area contributed by atoms with Crippen LogP contribution in [0.3, 0.4) is 0 Å². The van der Waals surface area contributed by atoms with Crippen LogP contribution in [0.2, 0.25) is 0 Å². The van der Waals surface area contributed by atoms with Gasteiger partial charge in [-0.05, 0) is 6.08 Å². The van der Waals surface area contributed by atoms with Crippen LogP contribution in [0.5, 0.6) is 0 Å². The highest BCUT2D eigenvalue weighted by atomic mass is 32.2.